The van der Waals surface area contributed by atoms with Gasteiger partial charge in [-0.15, -0.1) is 0 Å². The van der Waals surface area contributed by atoms with Gasteiger partial charge in [-0.1, -0.05) is 0 Å². The monoisotopic (exact) mass is 146 g/mol. The molecule has 1 aromatic carbocycles. The van der Waals surface area contributed by atoms with Gasteiger partial charge >= 0.3 is 0 Å². The number of fused-ring (bicyclic) bond motifs is 1. The highest BCUT2D eigenvalue weighted by Gasteiger charge is 1.89. The maximum atomic E-state index is 10.8. The van der Waals surface area contributed by atoms with Gasteiger partial charge in [0, 0.05) is 5.39 Å². The lowest BCUT2D eigenvalue weighted by Gasteiger charge is -1.72. The van der Waals surface area contributed by atoms with E-state index in [2.05, 4.69) is 10.2 Å². The zero-order valence-electron chi connectivity index (χ0n) is 5.74. The third-order valence-corrected chi connectivity index (χ3v) is 1.54. The summed E-state index contributed by atoms with van der Waals surface area (Å²) in [6, 6.07) is 6.52. The molecule has 0 aliphatic rings. The van der Waals surface area contributed by atoms with Gasteiger partial charge < -0.3 is 0 Å². The van der Waals surface area contributed by atoms with E-state index in [1.54, 1.807) is 18.3 Å². The van der Waals surface area contributed by atoms with Gasteiger partial charge in [-0.2, -0.15) is 5.10 Å². The standard InChI is InChI=1S/C8H6N2O/c11-7-2-1-6-5-9-10-8(6)4-3-7/h1-5H,(H,9,10). The lowest BCUT2D eigenvalue weighted by molar-refractivity contribution is 1.12. The van der Waals surface area contributed by atoms with Crippen molar-refractivity contribution in [3.63, 3.8) is 0 Å². The Morgan fingerprint density at radius 3 is 2.91 bits per heavy atom. The van der Waals surface area contributed by atoms with Gasteiger partial charge in [-0.25, -0.2) is 0 Å². The van der Waals surface area contributed by atoms with Crippen LogP contribution in [0.4, 0.5) is 0 Å². The van der Waals surface area contributed by atoms with Crippen molar-refractivity contribution in [1.29, 1.82) is 0 Å². The van der Waals surface area contributed by atoms with Crippen LogP contribution in [0.25, 0.3) is 10.9 Å². The van der Waals surface area contributed by atoms with Gasteiger partial charge in [0.05, 0.1) is 11.7 Å². The van der Waals surface area contributed by atoms with Crippen LogP contribution in [0.1, 0.15) is 0 Å². The van der Waals surface area contributed by atoms with Crippen molar-refractivity contribution < 1.29 is 0 Å². The summed E-state index contributed by atoms with van der Waals surface area (Å²) in [5, 5.41) is 7.56. The number of hydrogen-bond donors (Lipinski definition) is 1. The molecule has 2 aromatic rings. The Bertz CT molecular complexity index is 396. The molecule has 0 fully saturated rings. The van der Waals surface area contributed by atoms with Crippen LogP contribution in [0.5, 0.6) is 0 Å². The van der Waals surface area contributed by atoms with E-state index in [4.69, 9.17) is 0 Å². The lowest BCUT2D eigenvalue weighted by atomic mass is 10.4. The van der Waals surface area contributed by atoms with Crippen molar-refractivity contribution in [2.75, 3.05) is 0 Å². The maximum absolute atomic E-state index is 10.8. The smallest absolute Gasteiger partial charge is 0.178 e. The highest BCUT2D eigenvalue weighted by Crippen LogP contribution is 2.04. The second kappa shape index (κ2) is 2.20. The molecule has 2 rings (SSSR count). The summed E-state index contributed by atoms with van der Waals surface area (Å²) in [4.78, 5) is 10.8. The Labute approximate surface area is 62.7 Å². The summed E-state index contributed by atoms with van der Waals surface area (Å²) in [7, 11) is 0. The Kier molecular flexibility index (Phi) is 1.22. The quantitative estimate of drug-likeness (QED) is 0.600. The van der Waals surface area contributed by atoms with Gasteiger partial charge in [0.25, 0.3) is 0 Å². The predicted octanol–water partition coefficient (Wildman–Crippen LogP) is 0.923. The van der Waals surface area contributed by atoms with Crippen LogP contribution < -0.4 is 5.43 Å². The number of H-pyrrole nitrogens is 1. The minimum atomic E-state index is 0.00889. The van der Waals surface area contributed by atoms with Gasteiger partial charge in [0.2, 0.25) is 0 Å². The van der Waals surface area contributed by atoms with E-state index in [0.717, 1.165) is 10.9 Å². The van der Waals surface area contributed by atoms with E-state index < -0.39 is 0 Å². The highest BCUT2D eigenvalue weighted by atomic mass is 16.1. The Morgan fingerprint density at radius 2 is 2.00 bits per heavy atom. The van der Waals surface area contributed by atoms with Crippen LogP contribution in [0.3, 0.4) is 0 Å². The first kappa shape index (κ1) is 6.09. The lowest BCUT2D eigenvalue weighted by Crippen LogP contribution is -1.87. The molecule has 0 aliphatic carbocycles. The molecular weight excluding hydrogens is 140 g/mol. The number of nitrogens with one attached hydrogen (secondary N) is 1. The normalized spacial score (nSPS) is 10.2. The second-order valence-corrected chi connectivity index (χ2v) is 2.31. The van der Waals surface area contributed by atoms with Crippen LogP contribution in [0, 0.1) is 0 Å². The fourth-order valence-corrected chi connectivity index (χ4v) is 0.965. The van der Waals surface area contributed by atoms with Gasteiger partial charge in [0.1, 0.15) is 0 Å². The average molecular weight is 146 g/mol. The van der Waals surface area contributed by atoms with Crippen molar-refractivity contribution in [2.45, 2.75) is 0 Å². The molecule has 0 saturated heterocycles. The maximum Gasteiger partial charge on any atom is 0.178 e. The molecule has 0 atom stereocenters. The molecule has 11 heavy (non-hydrogen) atoms. The zero-order valence-corrected chi connectivity index (χ0v) is 5.74. The SMILES string of the molecule is O=c1ccc2cn[nH]c2cc1. The van der Waals surface area contributed by atoms with E-state index in [0.29, 0.717) is 0 Å². The Hall–Kier alpha value is -1.64. The number of aromatic amines is 1. The first-order valence-corrected chi connectivity index (χ1v) is 3.30. The van der Waals surface area contributed by atoms with Crippen molar-refractivity contribution >= 4 is 10.9 Å². The molecule has 0 spiro atoms. The molecular formula is C8H6N2O. The van der Waals surface area contributed by atoms with Crippen molar-refractivity contribution in [1.82, 2.24) is 10.2 Å². The third-order valence-electron chi connectivity index (χ3n) is 1.54. The molecule has 1 N–H and O–H groups in total. The molecule has 3 nitrogen and oxygen atoms in total. The van der Waals surface area contributed by atoms with Crippen molar-refractivity contribution in [2.24, 2.45) is 0 Å². The predicted molar refractivity (Wildman–Crippen MR) is 42.4 cm³/mol. The molecule has 0 radical (unpaired) electrons. The minimum absolute atomic E-state index is 0.00889. The summed E-state index contributed by atoms with van der Waals surface area (Å²) >= 11 is 0. The fraction of sp³-hybridized carbons (Fsp3) is 0. The van der Waals surface area contributed by atoms with Crippen LogP contribution in [-0.4, -0.2) is 10.2 Å². The second-order valence-electron chi connectivity index (χ2n) is 2.31. The van der Waals surface area contributed by atoms with Crippen molar-refractivity contribution in [3.05, 3.63) is 40.7 Å². The summed E-state index contributed by atoms with van der Waals surface area (Å²) in [5.74, 6) is 0. The van der Waals surface area contributed by atoms with E-state index in [-0.39, 0.29) is 5.43 Å². The Balaban J connectivity index is 2.96. The van der Waals surface area contributed by atoms with E-state index in [9.17, 15) is 4.79 Å². The molecule has 1 aromatic heterocycles. The number of rotatable bonds is 0. The fourth-order valence-electron chi connectivity index (χ4n) is 0.965. The summed E-state index contributed by atoms with van der Waals surface area (Å²) in [6.45, 7) is 0. The largest absolute Gasteiger partial charge is 0.290 e. The third kappa shape index (κ3) is 1.00. The van der Waals surface area contributed by atoms with E-state index in [1.807, 2.05) is 0 Å². The minimum Gasteiger partial charge on any atom is -0.290 e. The van der Waals surface area contributed by atoms with E-state index >= 15 is 0 Å². The highest BCUT2D eigenvalue weighted by molar-refractivity contribution is 5.76. The molecule has 0 unspecified atom stereocenters. The van der Waals surface area contributed by atoms with Gasteiger partial charge in [0.15, 0.2) is 5.43 Å². The van der Waals surface area contributed by atoms with Gasteiger partial charge in [-0.3, -0.25) is 9.89 Å². The molecule has 0 bridgehead atoms. The van der Waals surface area contributed by atoms with Crippen LogP contribution in [0.15, 0.2) is 35.3 Å². The zero-order chi connectivity index (χ0) is 7.68. The van der Waals surface area contributed by atoms with E-state index in [1.165, 1.54) is 12.1 Å². The van der Waals surface area contributed by atoms with Crippen LogP contribution in [0.2, 0.25) is 0 Å². The average Bonchev–Trinajstić information content (AvgIpc) is 2.38. The molecule has 1 heterocycles. The summed E-state index contributed by atoms with van der Waals surface area (Å²) in [5.41, 5.74) is 0.890. The summed E-state index contributed by atoms with van der Waals surface area (Å²) in [6.07, 6.45) is 1.69. The number of hydrogen-bond acceptors (Lipinski definition) is 2. The van der Waals surface area contributed by atoms with Crippen LogP contribution in [-0.2, 0) is 0 Å². The molecule has 0 saturated carbocycles. The Morgan fingerprint density at radius 1 is 1.18 bits per heavy atom. The first-order chi connectivity index (χ1) is 5.36. The molecule has 54 valence electrons. The molecule has 0 amide bonds. The first-order valence-electron chi connectivity index (χ1n) is 3.30. The molecule has 0 aliphatic heterocycles. The van der Waals surface area contributed by atoms with Crippen LogP contribution >= 0.6 is 0 Å². The number of nitrogens with zero attached hydrogens (tertiary/aromatic N) is 1. The topological polar surface area (TPSA) is 45.8 Å². The molecule has 3 heteroatoms. The number of aromatic nitrogens is 2. The summed E-state index contributed by atoms with van der Waals surface area (Å²) < 4.78 is 0. The van der Waals surface area contributed by atoms with Gasteiger partial charge in [-0.05, 0) is 24.3 Å². The van der Waals surface area contributed by atoms with Crippen molar-refractivity contribution in [3.8, 4) is 0 Å².